The maximum absolute atomic E-state index is 10.8. The lowest BCUT2D eigenvalue weighted by Crippen LogP contribution is -2.05. The fourth-order valence-corrected chi connectivity index (χ4v) is 2.29. The van der Waals surface area contributed by atoms with Gasteiger partial charge in [0, 0.05) is 5.41 Å². The van der Waals surface area contributed by atoms with Gasteiger partial charge in [-0.25, -0.2) is 0 Å². The van der Waals surface area contributed by atoms with Crippen molar-refractivity contribution in [3.63, 3.8) is 0 Å². The zero-order valence-electron chi connectivity index (χ0n) is 8.73. The highest BCUT2D eigenvalue weighted by atomic mass is 16.1. The van der Waals surface area contributed by atoms with Crippen molar-refractivity contribution >= 4 is 6.29 Å². The summed E-state index contributed by atoms with van der Waals surface area (Å²) in [6, 6.07) is 10.4. The zero-order chi connectivity index (χ0) is 10.2. The van der Waals surface area contributed by atoms with E-state index in [1.165, 1.54) is 5.56 Å². The first kappa shape index (κ1) is 9.45. The van der Waals surface area contributed by atoms with Gasteiger partial charge < -0.3 is 4.79 Å². The van der Waals surface area contributed by atoms with E-state index in [9.17, 15) is 4.79 Å². The summed E-state index contributed by atoms with van der Waals surface area (Å²) in [6.45, 7) is 4.28. The van der Waals surface area contributed by atoms with Crippen LogP contribution in [0.15, 0.2) is 30.3 Å². The van der Waals surface area contributed by atoms with Gasteiger partial charge in [-0.05, 0) is 23.8 Å². The van der Waals surface area contributed by atoms with Crippen LogP contribution in [0.5, 0.6) is 0 Å². The molecule has 0 aliphatic heterocycles. The van der Waals surface area contributed by atoms with Crippen molar-refractivity contribution < 1.29 is 4.79 Å². The maximum atomic E-state index is 10.8. The minimum atomic E-state index is -0.0464. The summed E-state index contributed by atoms with van der Waals surface area (Å²) in [7, 11) is 0. The summed E-state index contributed by atoms with van der Waals surface area (Å²) in [6.07, 6.45) is 2.17. The average Bonchev–Trinajstić information content (AvgIpc) is 2.92. The first-order valence-electron chi connectivity index (χ1n) is 5.18. The molecule has 1 nitrogen and oxygen atoms in total. The zero-order valence-corrected chi connectivity index (χ0v) is 8.73. The molecule has 74 valence electrons. The Balaban J connectivity index is 2.12. The molecule has 2 rings (SSSR count). The van der Waals surface area contributed by atoms with E-state index in [-0.39, 0.29) is 5.41 Å². The molecule has 1 aliphatic rings. The van der Waals surface area contributed by atoms with E-state index < -0.39 is 0 Å². The first-order chi connectivity index (χ1) is 6.67. The highest BCUT2D eigenvalue weighted by Gasteiger charge is 2.52. The largest absolute Gasteiger partial charge is 0.303 e. The molecule has 0 saturated heterocycles. The molecule has 0 spiro atoms. The summed E-state index contributed by atoms with van der Waals surface area (Å²) < 4.78 is 0. The van der Waals surface area contributed by atoms with E-state index >= 15 is 0 Å². The van der Waals surface area contributed by atoms with E-state index in [1.54, 1.807) is 0 Å². The van der Waals surface area contributed by atoms with Crippen molar-refractivity contribution in [2.24, 2.45) is 11.3 Å². The van der Waals surface area contributed by atoms with Crippen LogP contribution in [-0.4, -0.2) is 6.29 Å². The third-order valence-electron chi connectivity index (χ3n) is 3.54. The fraction of sp³-hybridized carbons (Fsp3) is 0.462. The highest BCUT2D eigenvalue weighted by molar-refractivity contribution is 5.64. The van der Waals surface area contributed by atoms with Gasteiger partial charge in [-0.1, -0.05) is 44.2 Å². The van der Waals surface area contributed by atoms with Crippen molar-refractivity contribution in [1.29, 1.82) is 0 Å². The van der Waals surface area contributed by atoms with E-state index in [0.717, 1.165) is 12.7 Å². The quantitative estimate of drug-likeness (QED) is 0.666. The normalized spacial score (nSPS) is 32.3. The smallest absolute Gasteiger partial charge is 0.126 e. The van der Waals surface area contributed by atoms with Gasteiger partial charge in [0.1, 0.15) is 6.29 Å². The third-order valence-corrected chi connectivity index (χ3v) is 3.54. The second-order valence-electron chi connectivity index (χ2n) is 4.63. The molecule has 0 bridgehead atoms. The number of rotatable bonds is 3. The molecule has 1 aliphatic carbocycles. The second-order valence-corrected chi connectivity index (χ2v) is 4.63. The molecule has 1 heteroatoms. The fourth-order valence-electron chi connectivity index (χ4n) is 2.29. The van der Waals surface area contributed by atoms with Gasteiger partial charge in [-0.2, -0.15) is 0 Å². The maximum Gasteiger partial charge on any atom is 0.126 e. The summed E-state index contributed by atoms with van der Waals surface area (Å²) >= 11 is 0. The van der Waals surface area contributed by atoms with Gasteiger partial charge >= 0.3 is 0 Å². The first-order valence-corrected chi connectivity index (χ1v) is 5.18. The van der Waals surface area contributed by atoms with Crippen LogP contribution in [-0.2, 0) is 4.79 Å². The third kappa shape index (κ3) is 1.47. The van der Waals surface area contributed by atoms with Gasteiger partial charge in [0.05, 0.1) is 0 Å². The molecule has 1 unspecified atom stereocenters. The van der Waals surface area contributed by atoms with Crippen molar-refractivity contribution in [2.75, 3.05) is 0 Å². The molecule has 1 fully saturated rings. The standard InChI is InChI=1S/C13H16O/c1-10(11-6-4-3-5-7-11)12-8-13(12,2)9-14/h3-7,9-10,12H,8H2,1-2H3/t10-,12-,13?/m0/s1. The number of carbonyl (C=O) groups excluding carboxylic acids is 1. The van der Waals surface area contributed by atoms with Crippen molar-refractivity contribution in [1.82, 2.24) is 0 Å². The van der Waals surface area contributed by atoms with Crippen LogP contribution in [0.3, 0.4) is 0 Å². The Labute approximate surface area is 85.1 Å². The number of hydrogen-bond acceptors (Lipinski definition) is 1. The van der Waals surface area contributed by atoms with Crippen LogP contribution < -0.4 is 0 Å². The number of benzene rings is 1. The van der Waals surface area contributed by atoms with Crippen LogP contribution in [0.25, 0.3) is 0 Å². The van der Waals surface area contributed by atoms with Crippen LogP contribution >= 0.6 is 0 Å². The highest BCUT2D eigenvalue weighted by Crippen LogP contribution is 2.57. The SMILES string of the molecule is C[C@@H](c1ccccc1)[C@@H]1CC1(C)C=O. The molecule has 0 aromatic heterocycles. The van der Waals surface area contributed by atoms with Crippen LogP contribution in [0.2, 0.25) is 0 Å². The predicted octanol–water partition coefficient (Wildman–Crippen LogP) is 3.02. The van der Waals surface area contributed by atoms with Crippen molar-refractivity contribution in [2.45, 2.75) is 26.2 Å². The Morgan fingerprint density at radius 3 is 2.57 bits per heavy atom. The lowest BCUT2D eigenvalue weighted by molar-refractivity contribution is -0.112. The molecule has 1 aromatic carbocycles. The summed E-state index contributed by atoms with van der Waals surface area (Å²) in [5, 5.41) is 0. The van der Waals surface area contributed by atoms with E-state index in [0.29, 0.717) is 11.8 Å². The Hall–Kier alpha value is -1.11. The summed E-state index contributed by atoms with van der Waals surface area (Å²) in [5.41, 5.74) is 1.30. The van der Waals surface area contributed by atoms with E-state index in [1.807, 2.05) is 6.07 Å². The number of carbonyl (C=O) groups is 1. The molecule has 14 heavy (non-hydrogen) atoms. The van der Waals surface area contributed by atoms with E-state index in [4.69, 9.17) is 0 Å². The Kier molecular flexibility index (Phi) is 2.18. The number of aldehydes is 1. The molecule has 0 N–H and O–H groups in total. The molecule has 1 aromatic rings. The molecular formula is C13H16O. The van der Waals surface area contributed by atoms with Crippen LogP contribution in [0.1, 0.15) is 31.7 Å². The lowest BCUT2D eigenvalue weighted by atomic mass is 9.92. The average molecular weight is 188 g/mol. The minimum Gasteiger partial charge on any atom is -0.303 e. The topological polar surface area (TPSA) is 17.1 Å². The molecule has 0 heterocycles. The van der Waals surface area contributed by atoms with Crippen LogP contribution in [0.4, 0.5) is 0 Å². The monoisotopic (exact) mass is 188 g/mol. The van der Waals surface area contributed by atoms with Gasteiger partial charge in [0.15, 0.2) is 0 Å². The molecular weight excluding hydrogens is 172 g/mol. The summed E-state index contributed by atoms with van der Waals surface area (Å²) in [5.74, 6) is 1.05. The van der Waals surface area contributed by atoms with Gasteiger partial charge in [0.25, 0.3) is 0 Å². The Morgan fingerprint density at radius 2 is 2.07 bits per heavy atom. The van der Waals surface area contributed by atoms with Gasteiger partial charge in [-0.3, -0.25) is 0 Å². The van der Waals surface area contributed by atoms with Crippen molar-refractivity contribution in [3.05, 3.63) is 35.9 Å². The summed E-state index contributed by atoms with van der Waals surface area (Å²) in [4.78, 5) is 10.8. The Morgan fingerprint density at radius 1 is 1.43 bits per heavy atom. The number of hydrogen-bond donors (Lipinski definition) is 0. The second kappa shape index (κ2) is 3.23. The lowest BCUT2D eigenvalue weighted by Gasteiger charge is -2.12. The predicted molar refractivity (Wildman–Crippen MR) is 57.1 cm³/mol. The van der Waals surface area contributed by atoms with Gasteiger partial charge in [0.2, 0.25) is 0 Å². The van der Waals surface area contributed by atoms with Crippen molar-refractivity contribution in [3.8, 4) is 0 Å². The molecule has 0 radical (unpaired) electrons. The molecule has 3 atom stereocenters. The molecule has 0 amide bonds. The van der Waals surface area contributed by atoms with Gasteiger partial charge in [-0.15, -0.1) is 0 Å². The molecule has 1 saturated carbocycles. The van der Waals surface area contributed by atoms with Crippen LogP contribution in [0, 0.1) is 11.3 Å². The Bertz CT molecular complexity index is 330. The van der Waals surface area contributed by atoms with E-state index in [2.05, 4.69) is 38.1 Å². The minimum absolute atomic E-state index is 0.0464.